The standard InChI is InChI=1S/C42H39ClN2O5S/c1-50-42(47)33-21-19-30(20-22-33)11-10-18-37-38-27-36(43)23-24-39(38)45(41(31-12-4-2-5-13-31)32-14-6-3-7-15-32)40(37)25-26-44-51(48,49)29-35-17-9-8-16-34(35)28-46/h2-9,12-17,19-24,27-28,41,44H,10-11,18,25-26,29H2,1H3. The molecule has 1 aromatic heterocycles. The van der Waals surface area contributed by atoms with Gasteiger partial charge in [0.2, 0.25) is 10.0 Å². The number of sulfonamides is 1. The minimum atomic E-state index is -3.76. The van der Waals surface area contributed by atoms with Gasteiger partial charge in [0.15, 0.2) is 0 Å². The molecule has 6 rings (SSSR count). The van der Waals surface area contributed by atoms with E-state index in [0.717, 1.165) is 51.7 Å². The molecule has 5 aromatic carbocycles. The highest BCUT2D eigenvalue weighted by Gasteiger charge is 2.26. The van der Waals surface area contributed by atoms with E-state index in [2.05, 4.69) is 39.6 Å². The molecule has 1 N–H and O–H groups in total. The Morgan fingerprint density at radius 2 is 1.47 bits per heavy atom. The van der Waals surface area contributed by atoms with Gasteiger partial charge in [0.05, 0.1) is 24.5 Å². The lowest BCUT2D eigenvalue weighted by molar-refractivity contribution is 0.0600. The highest BCUT2D eigenvalue weighted by atomic mass is 35.5. The first-order valence-corrected chi connectivity index (χ1v) is 18.9. The number of nitrogens with zero attached hydrogens (tertiary/aromatic N) is 1. The third-order valence-electron chi connectivity index (χ3n) is 9.15. The van der Waals surface area contributed by atoms with E-state index in [9.17, 15) is 18.0 Å². The molecule has 0 aliphatic heterocycles. The number of nitrogens with one attached hydrogen (secondary N) is 1. The van der Waals surface area contributed by atoms with E-state index in [1.165, 1.54) is 7.11 Å². The number of esters is 1. The Balaban J connectivity index is 1.39. The highest BCUT2D eigenvalue weighted by molar-refractivity contribution is 7.88. The zero-order valence-electron chi connectivity index (χ0n) is 28.3. The molecule has 9 heteroatoms. The zero-order valence-corrected chi connectivity index (χ0v) is 29.9. The van der Waals surface area contributed by atoms with Gasteiger partial charge in [0, 0.05) is 40.1 Å². The molecule has 0 atom stereocenters. The quantitative estimate of drug-likeness (QED) is 0.0851. The zero-order chi connectivity index (χ0) is 35.8. The molecule has 0 unspecified atom stereocenters. The van der Waals surface area contributed by atoms with Crippen LogP contribution in [0.1, 0.15) is 66.7 Å². The monoisotopic (exact) mass is 718 g/mol. The molecule has 0 aliphatic rings. The average molecular weight is 719 g/mol. The van der Waals surface area contributed by atoms with Gasteiger partial charge >= 0.3 is 5.97 Å². The van der Waals surface area contributed by atoms with Crippen LogP contribution in [0.3, 0.4) is 0 Å². The molecule has 0 radical (unpaired) electrons. The molecule has 51 heavy (non-hydrogen) atoms. The van der Waals surface area contributed by atoms with Gasteiger partial charge in [-0.15, -0.1) is 0 Å². The maximum absolute atomic E-state index is 13.4. The molecular weight excluding hydrogens is 680 g/mol. The Hall–Kier alpha value is -5.02. The summed E-state index contributed by atoms with van der Waals surface area (Å²) < 4.78 is 36.7. The summed E-state index contributed by atoms with van der Waals surface area (Å²) in [5, 5.41) is 1.65. The Labute approximate surface area is 303 Å². The molecule has 0 saturated carbocycles. The summed E-state index contributed by atoms with van der Waals surface area (Å²) in [7, 11) is -2.39. The van der Waals surface area contributed by atoms with Crippen molar-refractivity contribution in [2.24, 2.45) is 0 Å². The molecule has 0 fully saturated rings. The lowest BCUT2D eigenvalue weighted by Crippen LogP contribution is -2.28. The first-order valence-electron chi connectivity index (χ1n) is 16.9. The number of carbonyl (C=O) groups excluding carboxylic acids is 2. The fourth-order valence-electron chi connectivity index (χ4n) is 6.77. The second kappa shape index (κ2) is 16.3. The minimum absolute atomic E-state index is 0.161. The summed E-state index contributed by atoms with van der Waals surface area (Å²) in [5.41, 5.74) is 7.75. The predicted octanol–water partition coefficient (Wildman–Crippen LogP) is 8.37. The van der Waals surface area contributed by atoms with Gasteiger partial charge in [-0.1, -0.05) is 109 Å². The van der Waals surface area contributed by atoms with Crippen molar-refractivity contribution < 1.29 is 22.7 Å². The maximum atomic E-state index is 13.4. The largest absolute Gasteiger partial charge is 0.465 e. The van der Waals surface area contributed by atoms with Crippen molar-refractivity contribution in [3.05, 3.63) is 177 Å². The number of ether oxygens (including phenoxy) is 1. The summed E-state index contributed by atoms with van der Waals surface area (Å²) in [5.74, 6) is -0.662. The Morgan fingerprint density at radius 1 is 0.824 bits per heavy atom. The van der Waals surface area contributed by atoms with Gasteiger partial charge in [-0.2, -0.15) is 0 Å². The number of halogens is 1. The maximum Gasteiger partial charge on any atom is 0.337 e. The number of aromatic nitrogens is 1. The fraction of sp³-hybridized carbons (Fsp3) is 0.190. The molecule has 0 spiro atoms. The van der Waals surface area contributed by atoms with E-state index in [1.807, 2.05) is 60.7 Å². The van der Waals surface area contributed by atoms with E-state index in [-0.39, 0.29) is 24.3 Å². The van der Waals surface area contributed by atoms with Crippen LogP contribution < -0.4 is 4.72 Å². The van der Waals surface area contributed by atoms with Crippen molar-refractivity contribution in [3.63, 3.8) is 0 Å². The fourth-order valence-corrected chi connectivity index (χ4v) is 8.13. The number of methoxy groups -OCH3 is 1. The highest BCUT2D eigenvalue weighted by Crippen LogP contribution is 2.38. The lowest BCUT2D eigenvalue weighted by atomic mass is 9.97. The van der Waals surface area contributed by atoms with Gasteiger partial charge in [0.1, 0.15) is 6.29 Å². The van der Waals surface area contributed by atoms with Gasteiger partial charge in [-0.05, 0) is 77.4 Å². The first-order chi connectivity index (χ1) is 24.8. The Morgan fingerprint density at radius 3 is 2.12 bits per heavy atom. The number of hydrogen-bond donors (Lipinski definition) is 1. The summed E-state index contributed by atoms with van der Waals surface area (Å²) in [6.45, 7) is 0.161. The topological polar surface area (TPSA) is 94.5 Å². The molecule has 1 heterocycles. The van der Waals surface area contributed by atoms with Gasteiger partial charge < -0.3 is 9.30 Å². The van der Waals surface area contributed by atoms with E-state index in [0.29, 0.717) is 40.8 Å². The summed E-state index contributed by atoms with van der Waals surface area (Å²) >= 11 is 6.65. The second-order valence-electron chi connectivity index (χ2n) is 12.4. The summed E-state index contributed by atoms with van der Waals surface area (Å²) in [6, 6.07) is 40.6. The average Bonchev–Trinajstić information content (AvgIpc) is 3.43. The van der Waals surface area contributed by atoms with Crippen molar-refractivity contribution in [3.8, 4) is 0 Å². The predicted molar refractivity (Wildman–Crippen MR) is 203 cm³/mol. The number of aldehydes is 1. The first kappa shape index (κ1) is 35.8. The van der Waals surface area contributed by atoms with Crippen LogP contribution in [0.25, 0.3) is 10.9 Å². The smallest absolute Gasteiger partial charge is 0.337 e. The van der Waals surface area contributed by atoms with Crippen LogP contribution in [-0.2, 0) is 39.8 Å². The molecular formula is C42H39ClN2O5S. The molecule has 0 amide bonds. The van der Waals surface area contributed by atoms with Crippen LogP contribution in [0.5, 0.6) is 0 Å². The molecule has 7 nitrogen and oxygen atoms in total. The van der Waals surface area contributed by atoms with Crippen molar-refractivity contribution in [1.82, 2.24) is 9.29 Å². The lowest BCUT2D eigenvalue weighted by Gasteiger charge is -2.25. The Kier molecular flexibility index (Phi) is 11.5. The molecule has 0 bridgehead atoms. The van der Waals surface area contributed by atoms with Crippen LogP contribution in [0, 0.1) is 0 Å². The number of hydrogen-bond acceptors (Lipinski definition) is 5. The van der Waals surface area contributed by atoms with Crippen molar-refractivity contribution in [2.45, 2.75) is 37.5 Å². The van der Waals surface area contributed by atoms with E-state index in [1.54, 1.807) is 36.4 Å². The number of rotatable bonds is 15. The third kappa shape index (κ3) is 8.48. The van der Waals surface area contributed by atoms with Gasteiger partial charge in [-0.25, -0.2) is 17.9 Å². The third-order valence-corrected chi connectivity index (χ3v) is 10.7. The van der Waals surface area contributed by atoms with Crippen molar-refractivity contribution in [1.29, 1.82) is 0 Å². The van der Waals surface area contributed by atoms with Crippen LogP contribution in [-0.4, -0.2) is 38.9 Å². The SMILES string of the molecule is COC(=O)c1ccc(CCCc2c(CCNS(=O)(=O)Cc3ccccc3C=O)n(C(c3ccccc3)c3ccccc3)c3ccc(Cl)cc23)cc1. The minimum Gasteiger partial charge on any atom is -0.465 e. The van der Waals surface area contributed by atoms with Crippen LogP contribution in [0.15, 0.2) is 127 Å². The van der Waals surface area contributed by atoms with Gasteiger partial charge in [-0.3, -0.25) is 4.79 Å². The number of aryl methyl sites for hydroxylation is 2. The Bertz CT molecular complexity index is 2200. The van der Waals surface area contributed by atoms with E-state index in [4.69, 9.17) is 16.3 Å². The van der Waals surface area contributed by atoms with Crippen LogP contribution >= 0.6 is 11.6 Å². The summed E-state index contributed by atoms with van der Waals surface area (Å²) in [4.78, 5) is 23.5. The van der Waals surface area contributed by atoms with E-state index >= 15 is 0 Å². The van der Waals surface area contributed by atoms with Crippen molar-refractivity contribution >= 4 is 44.8 Å². The number of carbonyl (C=O) groups is 2. The molecule has 0 aliphatic carbocycles. The van der Waals surface area contributed by atoms with Crippen molar-refractivity contribution in [2.75, 3.05) is 13.7 Å². The summed E-state index contributed by atoms with van der Waals surface area (Å²) in [6.07, 6.45) is 3.40. The second-order valence-corrected chi connectivity index (χ2v) is 14.7. The van der Waals surface area contributed by atoms with Crippen LogP contribution in [0.4, 0.5) is 0 Å². The number of benzene rings is 5. The molecule has 260 valence electrons. The van der Waals surface area contributed by atoms with Crippen LogP contribution in [0.2, 0.25) is 5.02 Å². The molecule has 6 aromatic rings. The normalized spacial score (nSPS) is 11.6. The van der Waals surface area contributed by atoms with E-state index < -0.39 is 10.0 Å². The molecule has 0 saturated heterocycles. The number of fused-ring (bicyclic) bond motifs is 1. The van der Waals surface area contributed by atoms with Gasteiger partial charge in [0.25, 0.3) is 0 Å².